The third-order valence-corrected chi connectivity index (χ3v) is 4.79. The first-order valence-corrected chi connectivity index (χ1v) is 8.33. The van der Waals surface area contributed by atoms with Crippen LogP contribution < -0.4 is 0 Å². The van der Waals surface area contributed by atoms with Crippen LogP contribution in [0.2, 0.25) is 0 Å². The molecule has 4 rings (SSSR count). The van der Waals surface area contributed by atoms with Gasteiger partial charge in [-0.15, -0.1) is 0 Å². The molecule has 1 aliphatic rings. The molecular formula is C19H17F2N3O. The summed E-state index contributed by atoms with van der Waals surface area (Å²) in [6, 6.07) is 8.60. The van der Waals surface area contributed by atoms with E-state index in [1.54, 1.807) is 17.2 Å². The highest BCUT2D eigenvalue weighted by molar-refractivity contribution is 6.05. The molecule has 6 heteroatoms. The fourth-order valence-electron chi connectivity index (χ4n) is 3.57. The van der Waals surface area contributed by atoms with Crippen molar-refractivity contribution in [1.82, 2.24) is 15.1 Å². The number of nitrogens with zero attached hydrogens (tertiary/aromatic N) is 2. The van der Waals surface area contributed by atoms with Gasteiger partial charge in [0.05, 0.1) is 23.3 Å². The van der Waals surface area contributed by atoms with Gasteiger partial charge in [-0.3, -0.25) is 9.89 Å². The van der Waals surface area contributed by atoms with Crippen molar-refractivity contribution in [1.29, 1.82) is 0 Å². The molecule has 128 valence electrons. The van der Waals surface area contributed by atoms with E-state index >= 15 is 0 Å². The number of halogens is 2. The topological polar surface area (TPSA) is 49.0 Å². The summed E-state index contributed by atoms with van der Waals surface area (Å²) in [4.78, 5) is 14.8. The lowest BCUT2D eigenvalue weighted by atomic mass is 9.93. The highest BCUT2D eigenvalue weighted by Crippen LogP contribution is 2.34. The maximum atomic E-state index is 14.3. The zero-order valence-corrected chi connectivity index (χ0v) is 13.5. The van der Waals surface area contributed by atoms with Gasteiger partial charge in [0.2, 0.25) is 0 Å². The normalized spacial score (nSPS) is 17.8. The second-order valence-electron chi connectivity index (χ2n) is 6.32. The number of carbonyl (C=O) groups excluding carboxylic acids is 1. The van der Waals surface area contributed by atoms with Crippen molar-refractivity contribution in [3.8, 4) is 0 Å². The largest absolute Gasteiger partial charge is 0.331 e. The van der Waals surface area contributed by atoms with Gasteiger partial charge in [0.25, 0.3) is 5.91 Å². The zero-order valence-electron chi connectivity index (χ0n) is 13.5. The second kappa shape index (κ2) is 6.27. The minimum atomic E-state index is -0.614. The minimum Gasteiger partial charge on any atom is -0.331 e. The van der Waals surface area contributed by atoms with Crippen LogP contribution in [0.3, 0.4) is 0 Å². The third kappa shape index (κ3) is 2.77. The molecule has 1 saturated heterocycles. The number of carbonyl (C=O) groups is 1. The van der Waals surface area contributed by atoms with E-state index in [4.69, 9.17) is 0 Å². The molecule has 0 bridgehead atoms. The van der Waals surface area contributed by atoms with E-state index in [1.165, 1.54) is 12.1 Å². The summed E-state index contributed by atoms with van der Waals surface area (Å²) in [6.45, 7) is 0.546. The van der Waals surface area contributed by atoms with Crippen molar-refractivity contribution in [2.45, 2.75) is 25.3 Å². The van der Waals surface area contributed by atoms with Gasteiger partial charge in [-0.25, -0.2) is 8.78 Å². The highest BCUT2D eigenvalue weighted by atomic mass is 19.1. The van der Waals surface area contributed by atoms with Crippen LogP contribution in [0.5, 0.6) is 0 Å². The molecule has 0 aliphatic carbocycles. The number of aromatic nitrogens is 2. The molecule has 1 aromatic heterocycles. The van der Waals surface area contributed by atoms with Gasteiger partial charge in [0, 0.05) is 23.6 Å². The summed E-state index contributed by atoms with van der Waals surface area (Å²) < 4.78 is 27.5. The molecular weight excluding hydrogens is 324 g/mol. The Hall–Kier alpha value is -2.76. The van der Waals surface area contributed by atoms with Gasteiger partial charge in [-0.1, -0.05) is 18.2 Å². The van der Waals surface area contributed by atoms with E-state index in [0.29, 0.717) is 29.6 Å². The number of aromatic amines is 1. The molecule has 1 N–H and O–H groups in total. The average molecular weight is 341 g/mol. The van der Waals surface area contributed by atoms with Crippen molar-refractivity contribution in [3.63, 3.8) is 0 Å². The molecule has 0 spiro atoms. The average Bonchev–Trinajstić information content (AvgIpc) is 3.10. The lowest BCUT2D eigenvalue weighted by molar-refractivity contribution is 0.0609. The molecule has 1 amide bonds. The maximum Gasteiger partial charge on any atom is 0.256 e. The van der Waals surface area contributed by atoms with Crippen molar-refractivity contribution in [3.05, 3.63) is 65.4 Å². The molecule has 4 nitrogen and oxygen atoms in total. The van der Waals surface area contributed by atoms with Gasteiger partial charge < -0.3 is 4.90 Å². The Kier molecular flexibility index (Phi) is 3.95. The van der Waals surface area contributed by atoms with Crippen LogP contribution in [-0.2, 0) is 0 Å². The molecule has 0 saturated carbocycles. The van der Waals surface area contributed by atoms with Gasteiger partial charge in [-0.2, -0.15) is 5.10 Å². The fraction of sp³-hybridized carbons (Fsp3) is 0.263. The number of likely N-dealkylation sites (tertiary alicyclic amines) is 1. The van der Waals surface area contributed by atoms with E-state index in [-0.39, 0.29) is 11.9 Å². The van der Waals surface area contributed by atoms with Crippen LogP contribution in [0.4, 0.5) is 8.78 Å². The van der Waals surface area contributed by atoms with E-state index in [2.05, 4.69) is 10.2 Å². The van der Waals surface area contributed by atoms with Crippen LogP contribution in [0.1, 0.15) is 41.2 Å². The first kappa shape index (κ1) is 15.7. The van der Waals surface area contributed by atoms with Crippen LogP contribution >= 0.6 is 0 Å². The molecule has 1 unspecified atom stereocenters. The second-order valence-corrected chi connectivity index (χ2v) is 6.32. The van der Waals surface area contributed by atoms with E-state index in [9.17, 15) is 13.6 Å². The standard InChI is InChI=1S/C19H17F2N3O/c20-13-7-8-14(16(21)10-13)17-6-1-2-9-24(17)19(25)15-5-3-4-12-11-22-23-18(12)15/h3-5,7-8,10-11,17H,1-2,6,9H2,(H,22,23). The van der Waals surface area contributed by atoms with Crippen molar-refractivity contribution < 1.29 is 13.6 Å². The van der Waals surface area contributed by atoms with E-state index < -0.39 is 11.6 Å². The number of hydrogen-bond acceptors (Lipinski definition) is 2. The predicted molar refractivity (Wildman–Crippen MR) is 90.1 cm³/mol. The Labute approximate surface area is 143 Å². The first-order valence-electron chi connectivity index (χ1n) is 8.33. The van der Waals surface area contributed by atoms with Gasteiger partial charge in [-0.05, 0) is 31.4 Å². The Balaban J connectivity index is 1.74. The van der Waals surface area contributed by atoms with Crippen LogP contribution in [-0.4, -0.2) is 27.5 Å². The number of nitrogens with one attached hydrogen (secondary N) is 1. The Morgan fingerprint density at radius 2 is 2.08 bits per heavy atom. The van der Waals surface area contributed by atoms with Crippen LogP contribution in [0, 0.1) is 11.6 Å². The quantitative estimate of drug-likeness (QED) is 0.759. The number of piperidine rings is 1. The van der Waals surface area contributed by atoms with Crippen LogP contribution in [0.15, 0.2) is 42.6 Å². The Morgan fingerprint density at radius 1 is 1.20 bits per heavy atom. The molecule has 25 heavy (non-hydrogen) atoms. The Morgan fingerprint density at radius 3 is 2.92 bits per heavy atom. The van der Waals surface area contributed by atoms with Crippen molar-refractivity contribution in [2.24, 2.45) is 0 Å². The van der Waals surface area contributed by atoms with Crippen LogP contribution in [0.25, 0.3) is 10.9 Å². The SMILES string of the molecule is O=C(c1cccc2cn[nH]c12)N1CCCCC1c1ccc(F)cc1F. The van der Waals surface area contributed by atoms with Crippen molar-refractivity contribution >= 4 is 16.8 Å². The summed E-state index contributed by atoms with van der Waals surface area (Å²) in [6.07, 6.45) is 4.09. The smallest absolute Gasteiger partial charge is 0.256 e. The van der Waals surface area contributed by atoms with Crippen molar-refractivity contribution in [2.75, 3.05) is 6.54 Å². The monoisotopic (exact) mass is 341 g/mol. The molecule has 0 radical (unpaired) electrons. The molecule has 1 atom stereocenters. The minimum absolute atomic E-state index is 0.164. The summed E-state index contributed by atoms with van der Waals surface area (Å²) in [5.74, 6) is -1.38. The molecule has 2 heterocycles. The van der Waals surface area contributed by atoms with Gasteiger partial charge in [0.1, 0.15) is 11.6 Å². The third-order valence-electron chi connectivity index (χ3n) is 4.79. The number of fused-ring (bicyclic) bond motifs is 1. The number of hydrogen-bond donors (Lipinski definition) is 1. The number of rotatable bonds is 2. The maximum absolute atomic E-state index is 14.3. The van der Waals surface area contributed by atoms with Gasteiger partial charge in [0.15, 0.2) is 0 Å². The predicted octanol–water partition coefficient (Wildman–Crippen LogP) is 4.21. The summed E-state index contributed by atoms with van der Waals surface area (Å²) >= 11 is 0. The van der Waals surface area contributed by atoms with Gasteiger partial charge >= 0.3 is 0 Å². The highest BCUT2D eigenvalue weighted by Gasteiger charge is 2.31. The summed E-state index contributed by atoms with van der Waals surface area (Å²) in [7, 11) is 0. The molecule has 1 fully saturated rings. The zero-order chi connectivity index (χ0) is 17.4. The number of benzene rings is 2. The summed E-state index contributed by atoms with van der Waals surface area (Å²) in [5, 5.41) is 7.71. The number of H-pyrrole nitrogens is 1. The molecule has 3 aromatic rings. The number of amides is 1. The van der Waals surface area contributed by atoms with E-state index in [1.807, 2.05) is 12.1 Å². The lowest BCUT2D eigenvalue weighted by Gasteiger charge is -2.36. The molecule has 2 aromatic carbocycles. The first-order chi connectivity index (χ1) is 12.1. The van der Waals surface area contributed by atoms with E-state index in [0.717, 1.165) is 24.3 Å². The summed E-state index contributed by atoms with van der Waals surface area (Å²) in [5.41, 5.74) is 1.56. The Bertz CT molecular complexity index is 937. The fourth-order valence-corrected chi connectivity index (χ4v) is 3.57. The number of para-hydroxylation sites is 1. The lowest BCUT2D eigenvalue weighted by Crippen LogP contribution is -2.39. The molecule has 1 aliphatic heterocycles.